The Morgan fingerprint density at radius 2 is 1.24 bits per heavy atom. The molecule has 0 aromatic heterocycles. The second-order valence-corrected chi connectivity index (χ2v) is 9.00. The van der Waals surface area contributed by atoms with Gasteiger partial charge in [0.25, 0.3) is 0 Å². The monoisotopic (exact) mass is 430 g/mol. The summed E-state index contributed by atoms with van der Waals surface area (Å²) >= 11 is 0. The van der Waals surface area contributed by atoms with Gasteiger partial charge in [-0.15, -0.1) is 0 Å². The highest BCUT2D eigenvalue weighted by molar-refractivity contribution is 6.13. The fourth-order valence-corrected chi connectivity index (χ4v) is 5.15. The van der Waals surface area contributed by atoms with Gasteiger partial charge >= 0.3 is 0 Å². The van der Waals surface area contributed by atoms with Crippen molar-refractivity contribution in [2.45, 2.75) is 6.54 Å². The van der Waals surface area contributed by atoms with Gasteiger partial charge in [0.05, 0.1) is 32.4 Å². The standard InChI is InChI=1S/C30H27N3/c1-4-13-27-23(8-1)11-7-12-26(27)22-32-16-18-33(19-17-32)31-21-30-28-14-5-2-9-24(28)20-25-10-3-6-15-29(25)30/h1-15,20-21H,16-19,22H2/p+1. The molecule has 5 aromatic rings. The Labute approximate surface area is 194 Å². The summed E-state index contributed by atoms with van der Waals surface area (Å²) in [5, 5.41) is 15.0. The summed E-state index contributed by atoms with van der Waals surface area (Å²) in [4.78, 5) is 1.63. The smallest absolute Gasteiger partial charge is 0.104 e. The first-order chi connectivity index (χ1) is 16.3. The summed E-state index contributed by atoms with van der Waals surface area (Å²) in [6.45, 7) is 5.26. The highest BCUT2D eigenvalue weighted by Crippen LogP contribution is 2.27. The van der Waals surface area contributed by atoms with Crippen LogP contribution in [-0.4, -0.2) is 37.4 Å². The molecule has 0 amide bonds. The van der Waals surface area contributed by atoms with E-state index in [0.29, 0.717) is 0 Å². The van der Waals surface area contributed by atoms with Crippen LogP contribution in [0.5, 0.6) is 0 Å². The molecular weight excluding hydrogens is 402 g/mol. The Bertz CT molecular complexity index is 1400. The van der Waals surface area contributed by atoms with Crippen LogP contribution in [0, 0.1) is 0 Å². The molecule has 1 N–H and O–H groups in total. The highest BCUT2D eigenvalue weighted by atomic mass is 15.5. The normalized spacial score (nSPS) is 15.2. The summed E-state index contributed by atoms with van der Waals surface area (Å²) in [5.41, 5.74) is 2.66. The average Bonchev–Trinajstić information content (AvgIpc) is 2.88. The van der Waals surface area contributed by atoms with Gasteiger partial charge < -0.3 is 4.90 Å². The van der Waals surface area contributed by atoms with Crippen molar-refractivity contribution in [3.05, 3.63) is 108 Å². The van der Waals surface area contributed by atoms with Crippen molar-refractivity contribution >= 4 is 38.5 Å². The number of rotatable bonds is 4. The van der Waals surface area contributed by atoms with Crippen molar-refractivity contribution in [1.29, 1.82) is 0 Å². The van der Waals surface area contributed by atoms with E-state index in [-0.39, 0.29) is 0 Å². The number of nitrogens with zero attached hydrogens (tertiary/aromatic N) is 2. The van der Waals surface area contributed by atoms with Crippen molar-refractivity contribution in [3.8, 4) is 0 Å². The second-order valence-electron chi connectivity index (χ2n) is 9.00. The van der Waals surface area contributed by atoms with Crippen LogP contribution in [0.25, 0.3) is 32.3 Å². The number of fused-ring (bicyclic) bond motifs is 3. The van der Waals surface area contributed by atoms with Gasteiger partial charge in [-0.05, 0) is 38.4 Å². The minimum atomic E-state index is 0.985. The number of benzene rings is 5. The molecule has 0 spiro atoms. The van der Waals surface area contributed by atoms with Gasteiger partial charge in [0.15, 0.2) is 0 Å². The number of hydrogen-bond acceptors (Lipinski definition) is 2. The fourth-order valence-electron chi connectivity index (χ4n) is 5.15. The molecule has 0 aliphatic carbocycles. The van der Waals surface area contributed by atoms with E-state index in [2.05, 4.69) is 108 Å². The maximum Gasteiger partial charge on any atom is 0.104 e. The van der Waals surface area contributed by atoms with Crippen LogP contribution in [0.3, 0.4) is 0 Å². The van der Waals surface area contributed by atoms with E-state index in [1.54, 1.807) is 4.90 Å². The molecule has 0 bridgehead atoms. The number of quaternary nitrogens is 1. The number of hydrazone groups is 1. The molecule has 6 rings (SSSR count). The summed E-state index contributed by atoms with van der Waals surface area (Å²) in [5.74, 6) is 0. The van der Waals surface area contributed by atoms with E-state index < -0.39 is 0 Å². The van der Waals surface area contributed by atoms with Gasteiger partial charge in [0, 0.05) is 11.1 Å². The first-order valence-electron chi connectivity index (χ1n) is 11.8. The third kappa shape index (κ3) is 3.96. The van der Waals surface area contributed by atoms with Gasteiger partial charge in [-0.2, -0.15) is 5.10 Å². The van der Waals surface area contributed by atoms with Crippen LogP contribution >= 0.6 is 0 Å². The minimum Gasteiger partial charge on any atom is -0.328 e. The molecule has 1 fully saturated rings. The maximum atomic E-state index is 4.94. The van der Waals surface area contributed by atoms with E-state index in [4.69, 9.17) is 5.10 Å². The van der Waals surface area contributed by atoms with Crippen LogP contribution in [0.15, 0.2) is 102 Å². The maximum absolute atomic E-state index is 4.94. The SMILES string of the molecule is C(=NN1CC[NH+](Cc2cccc3ccccc23)CC1)c1c2ccccc2cc2ccccc12. The summed E-state index contributed by atoms with van der Waals surface area (Å²) in [6, 6.07) is 34.9. The number of nitrogens with one attached hydrogen (secondary N) is 1. The van der Waals surface area contributed by atoms with Gasteiger partial charge in [-0.3, -0.25) is 5.01 Å². The zero-order valence-electron chi connectivity index (χ0n) is 18.7. The van der Waals surface area contributed by atoms with Gasteiger partial charge in [-0.25, -0.2) is 0 Å². The molecule has 1 heterocycles. The average molecular weight is 431 g/mol. The van der Waals surface area contributed by atoms with Crippen LogP contribution in [0.4, 0.5) is 0 Å². The molecule has 1 saturated heterocycles. The highest BCUT2D eigenvalue weighted by Gasteiger charge is 2.19. The lowest BCUT2D eigenvalue weighted by Gasteiger charge is -2.30. The van der Waals surface area contributed by atoms with Crippen LogP contribution < -0.4 is 4.90 Å². The first-order valence-corrected chi connectivity index (χ1v) is 11.8. The fraction of sp³-hybridized carbons (Fsp3) is 0.167. The summed E-state index contributed by atoms with van der Waals surface area (Å²) in [6.07, 6.45) is 2.08. The van der Waals surface area contributed by atoms with E-state index in [1.165, 1.54) is 43.4 Å². The van der Waals surface area contributed by atoms with Gasteiger partial charge in [-0.1, -0.05) is 91.0 Å². The van der Waals surface area contributed by atoms with E-state index in [1.807, 2.05) is 0 Å². The Kier molecular flexibility index (Phi) is 5.25. The predicted molar refractivity (Wildman–Crippen MR) is 139 cm³/mol. The third-order valence-corrected chi connectivity index (χ3v) is 6.93. The molecule has 162 valence electrons. The van der Waals surface area contributed by atoms with Gasteiger partial charge in [0.1, 0.15) is 6.54 Å². The summed E-state index contributed by atoms with van der Waals surface area (Å²) < 4.78 is 0. The summed E-state index contributed by atoms with van der Waals surface area (Å²) in [7, 11) is 0. The second kappa shape index (κ2) is 8.68. The van der Waals surface area contributed by atoms with Crippen molar-refractivity contribution < 1.29 is 4.90 Å². The molecule has 3 heteroatoms. The Hall–Kier alpha value is -3.69. The zero-order valence-corrected chi connectivity index (χ0v) is 18.7. The third-order valence-electron chi connectivity index (χ3n) is 6.93. The first kappa shape index (κ1) is 20.0. The molecule has 33 heavy (non-hydrogen) atoms. The van der Waals surface area contributed by atoms with Crippen molar-refractivity contribution in [2.24, 2.45) is 5.10 Å². The van der Waals surface area contributed by atoms with Crippen molar-refractivity contribution in [1.82, 2.24) is 5.01 Å². The molecule has 3 nitrogen and oxygen atoms in total. The quantitative estimate of drug-likeness (QED) is 0.318. The molecule has 0 radical (unpaired) electrons. The molecule has 0 unspecified atom stereocenters. The molecular formula is C30H28N3+. The van der Waals surface area contributed by atoms with E-state index >= 15 is 0 Å². The Morgan fingerprint density at radius 1 is 0.667 bits per heavy atom. The predicted octanol–water partition coefficient (Wildman–Crippen LogP) is 4.88. The van der Waals surface area contributed by atoms with Crippen LogP contribution in [0.2, 0.25) is 0 Å². The Morgan fingerprint density at radius 3 is 1.94 bits per heavy atom. The zero-order chi connectivity index (χ0) is 22.0. The molecule has 0 saturated carbocycles. The van der Waals surface area contributed by atoms with Crippen molar-refractivity contribution in [3.63, 3.8) is 0 Å². The number of hydrogen-bond donors (Lipinski definition) is 1. The Balaban J connectivity index is 1.20. The minimum absolute atomic E-state index is 0.985. The number of piperazine rings is 1. The van der Waals surface area contributed by atoms with E-state index in [9.17, 15) is 0 Å². The lowest BCUT2D eigenvalue weighted by atomic mass is 9.97. The largest absolute Gasteiger partial charge is 0.328 e. The van der Waals surface area contributed by atoms with Crippen LogP contribution in [-0.2, 0) is 6.54 Å². The van der Waals surface area contributed by atoms with Gasteiger partial charge in [0.2, 0.25) is 0 Å². The van der Waals surface area contributed by atoms with Crippen LogP contribution in [0.1, 0.15) is 11.1 Å². The van der Waals surface area contributed by atoms with E-state index in [0.717, 1.165) is 32.7 Å². The topological polar surface area (TPSA) is 20.0 Å². The lowest BCUT2D eigenvalue weighted by Crippen LogP contribution is -3.13. The molecule has 1 aliphatic rings. The molecule has 0 atom stereocenters. The molecule has 1 aliphatic heterocycles. The van der Waals surface area contributed by atoms with Crippen molar-refractivity contribution in [2.75, 3.05) is 26.2 Å². The molecule has 5 aromatic carbocycles. The lowest BCUT2D eigenvalue weighted by molar-refractivity contribution is -0.918.